The lowest BCUT2D eigenvalue weighted by atomic mass is 9.97. The third-order valence-electron chi connectivity index (χ3n) is 5.81. The third-order valence-corrected chi connectivity index (χ3v) is 8.00. The number of hydrogen-bond donors (Lipinski definition) is 0. The van der Waals surface area contributed by atoms with Gasteiger partial charge in [0.15, 0.2) is 5.16 Å². The molecular formula is C24H26N4S2. The number of fused-ring (bicyclic) bond motifs is 1. The van der Waals surface area contributed by atoms with Crippen LogP contribution in [-0.4, -0.2) is 32.8 Å². The Labute approximate surface area is 185 Å². The highest BCUT2D eigenvalue weighted by Crippen LogP contribution is 2.31. The van der Waals surface area contributed by atoms with E-state index >= 15 is 0 Å². The number of likely N-dealkylation sites (tertiary alicyclic amines) is 1. The number of thiophene rings is 1. The highest BCUT2D eigenvalue weighted by molar-refractivity contribution is 7.98. The van der Waals surface area contributed by atoms with Gasteiger partial charge in [0.2, 0.25) is 0 Å². The molecule has 0 aliphatic carbocycles. The summed E-state index contributed by atoms with van der Waals surface area (Å²) in [5.74, 6) is 2.51. The number of hydrogen-bond acceptors (Lipinski definition) is 5. The van der Waals surface area contributed by atoms with Crippen molar-refractivity contribution in [1.82, 2.24) is 19.7 Å². The molecule has 0 spiro atoms. The molecule has 0 radical (unpaired) electrons. The largest absolute Gasteiger partial charge is 0.309 e. The third kappa shape index (κ3) is 4.31. The van der Waals surface area contributed by atoms with Crippen molar-refractivity contribution in [2.24, 2.45) is 7.05 Å². The van der Waals surface area contributed by atoms with Gasteiger partial charge in [-0.3, -0.25) is 4.90 Å². The average Bonchev–Trinajstić information content (AvgIpc) is 3.35. The summed E-state index contributed by atoms with van der Waals surface area (Å²) in [6, 6.07) is 21.6. The summed E-state index contributed by atoms with van der Waals surface area (Å²) in [6.45, 7) is 3.26. The van der Waals surface area contributed by atoms with Crippen molar-refractivity contribution in [2.45, 2.75) is 36.2 Å². The minimum atomic E-state index is 0.455. The van der Waals surface area contributed by atoms with E-state index in [-0.39, 0.29) is 0 Å². The minimum absolute atomic E-state index is 0.455. The van der Waals surface area contributed by atoms with Crippen LogP contribution in [0, 0.1) is 0 Å². The van der Waals surface area contributed by atoms with Gasteiger partial charge in [0.25, 0.3) is 0 Å². The summed E-state index contributed by atoms with van der Waals surface area (Å²) in [4.78, 5) is 4.04. The van der Waals surface area contributed by atoms with Gasteiger partial charge < -0.3 is 4.57 Å². The molecule has 2 aromatic heterocycles. The monoisotopic (exact) mass is 434 g/mol. The van der Waals surface area contributed by atoms with E-state index in [1.807, 2.05) is 11.3 Å². The molecule has 2 aromatic carbocycles. The predicted octanol–water partition coefficient (Wildman–Crippen LogP) is 5.70. The summed E-state index contributed by atoms with van der Waals surface area (Å²) >= 11 is 3.69. The second-order valence-electron chi connectivity index (χ2n) is 8.00. The Kier molecular flexibility index (Phi) is 5.88. The average molecular weight is 435 g/mol. The number of thioether (sulfide) groups is 1. The first-order valence-electron chi connectivity index (χ1n) is 10.5. The van der Waals surface area contributed by atoms with Gasteiger partial charge in [0.1, 0.15) is 5.82 Å². The van der Waals surface area contributed by atoms with E-state index in [4.69, 9.17) is 0 Å². The Balaban J connectivity index is 1.25. The fraction of sp³-hybridized carbons (Fsp3) is 0.333. The van der Waals surface area contributed by atoms with Crippen LogP contribution in [0.25, 0.3) is 10.1 Å². The summed E-state index contributed by atoms with van der Waals surface area (Å²) in [5, 5.41) is 11.5. The molecule has 0 unspecified atom stereocenters. The Morgan fingerprint density at radius 1 is 1.07 bits per heavy atom. The van der Waals surface area contributed by atoms with Gasteiger partial charge in [-0.1, -0.05) is 60.3 Å². The Bertz CT molecular complexity index is 1090. The second kappa shape index (κ2) is 8.92. The van der Waals surface area contributed by atoms with Gasteiger partial charge in [-0.15, -0.1) is 21.5 Å². The standard InChI is InChI=1S/C24H26N4S2/c1-27-23(25-26-24(27)29-17-18-8-3-2-4-9-18)20-11-7-13-28(15-20)16-21-14-19-10-5-6-12-22(19)30-21/h2-6,8-10,12,14,20H,7,11,13,15-17H2,1H3/t20-/m1/s1. The number of nitrogens with zero attached hydrogens (tertiary/aromatic N) is 4. The van der Waals surface area contributed by atoms with Crippen LogP contribution in [0.15, 0.2) is 65.8 Å². The van der Waals surface area contributed by atoms with Gasteiger partial charge in [0, 0.05) is 41.4 Å². The first kappa shape index (κ1) is 19.8. The van der Waals surface area contributed by atoms with Crippen LogP contribution in [0.3, 0.4) is 0 Å². The molecule has 4 nitrogen and oxygen atoms in total. The van der Waals surface area contributed by atoms with Crippen molar-refractivity contribution in [3.05, 3.63) is 76.9 Å². The van der Waals surface area contributed by atoms with E-state index in [1.54, 1.807) is 11.8 Å². The normalized spacial score (nSPS) is 17.6. The highest BCUT2D eigenvalue weighted by Gasteiger charge is 2.26. The first-order chi connectivity index (χ1) is 14.8. The molecule has 5 rings (SSSR count). The van der Waals surface area contributed by atoms with Crippen molar-refractivity contribution < 1.29 is 0 Å². The molecule has 1 fully saturated rings. The zero-order valence-electron chi connectivity index (χ0n) is 17.2. The van der Waals surface area contributed by atoms with Crippen molar-refractivity contribution in [3.8, 4) is 0 Å². The van der Waals surface area contributed by atoms with Gasteiger partial charge in [-0.05, 0) is 42.5 Å². The lowest BCUT2D eigenvalue weighted by Crippen LogP contribution is -2.34. The number of aromatic nitrogens is 3. The van der Waals surface area contributed by atoms with Crippen LogP contribution in [0.2, 0.25) is 0 Å². The molecule has 3 heterocycles. The van der Waals surface area contributed by atoms with Crippen molar-refractivity contribution in [1.29, 1.82) is 0 Å². The topological polar surface area (TPSA) is 34.0 Å². The Morgan fingerprint density at radius 2 is 1.90 bits per heavy atom. The van der Waals surface area contributed by atoms with E-state index in [0.717, 1.165) is 36.4 Å². The van der Waals surface area contributed by atoms with Gasteiger partial charge in [-0.2, -0.15) is 0 Å². The van der Waals surface area contributed by atoms with Crippen LogP contribution in [0.4, 0.5) is 0 Å². The molecule has 0 N–H and O–H groups in total. The fourth-order valence-electron chi connectivity index (χ4n) is 4.27. The maximum absolute atomic E-state index is 4.60. The lowest BCUT2D eigenvalue weighted by molar-refractivity contribution is 0.196. The molecule has 1 saturated heterocycles. The zero-order chi connectivity index (χ0) is 20.3. The number of piperidine rings is 1. The molecular weight excluding hydrogens is 408 g/mol. The second-order valence-corrected chi connectivity index (χ2v) is 10.1. The lowest BCUT2D eigenvalue weighted by Gasteiger charge is -2.31. The Morgan fingerprint density at radius 3 is 2.77 bits per heavy atom. The van der Waals surface area contributed by atoms with E-state index in [1.165, 1.54) is 33.4 Å². The van der Waals surface area contributed by atoms with Gasteiger partial charge >= 0.3 is 0 Å². The van der Waals surface area contributed by atoms with Crippen LogP contribution in [0.1, 0.15) is 35.0 Å². The maximum atomic E-state index is 4.60. The SMILES string of the molecule is Cn1c(SCc2ccccc2)nnc1[C@@H]1CCCN(Cc2cc3ccccc3s2)C1. The van der Waals surface area contributed by atoms with Gasteiger partial charge in [-0.25, -0.2) is 0 Å². The molecule has 6 heteroatoms. The van der Waals surface area contributed by atoms with Crippen LogP contribution < -0.4 is 0 Å². The molecule has 1 aliphatic heterocycles. The summed E-state index contributed by atoms with van der Waals surface area (Å²) in [7, 11) is 2.12. The summed E-state index contributed by atoms with van der Waals surface area (Å²) < 4.78 is 3.59. The predicted molar refractivity (Wildman–Crippen MR) is 126 cm³/mol. The first-order valence-corrected chi connectivity index (χ1v) is 12.3. The minimum Gasteiger partial charge on any atom is -0.309 e. The number of rotatable bonds is 6. The van der Waals surface area contributed by atoms with Crippen LogP contribution in [0.5, 0.6) is 0 Å². The molecule has 0 bridgehead atoms. The molecule has 1 atom stereocenters. The van der Waals surface area contributed by atoms with Gasteiger partial charge in [0.05, 0.1) is 0 Å². The summed E-state index contributed by atoms with van der Waals surface area (Å²) in [6.07, 6.45) is 2.41. The van der Waals surface area contributed by atoms with E-state index < -0.39 is 0 Å². The molecule has 0 saturated carbocycles. The van der Waals surface area contributed by atoms with E-state index in [0.29, 0.717) is 5.92 Å². The summed E-state index contributed by atoms with van der Waals surface area (Å²) in [5.41, 5.74) is 1.32. The quantitative estimate of drug-likeness (QED) is 0.365. The van der Waals surface area contributed by atoms with E-state index in [9.17, 15) is 0 Å². The molecule has 1 aliphatic rings. The van der Waals surface area contributed by atoms with Crippen molar-refractivity contribution in [3.63, 3.8) is 0 Å². The van der Waals surface area contributed by atoms with Crippen LogP contribution in [-0.2, 0) is 19.3 Å². The Hall–Kier alpha value is -2.15. The fourth-order valence-corrected chi connectivity index (χ4v) is 6.26. The number of benzene rings is 2. The van der Waals surface area contributed by atoms with Crippen LogP contribution >= 0.6 is 23.1 Å². The molecule has 154 valence electrons. The smallest absolute Gasteiger partial charge is 0.191 e. The maximum Gasteiger partial charge on any atom is 0.191 e. The molecule has 4 aromatic rings. The van der Waals surface area contributed by atoms with E-state index in [2.05, 4.69) is 87.4 Å². The zero-order valence-corrected chi connectivity index (χ0v) is 18.8. The highest BCUT2D eigenvalue weighted by atomic mass is 32.2. The molecule has 30 heavy (non-hydrogen) atoms. The van der Waals surface area contributed by atoms with Crippen molar-refractivity contribution >= 4 is 33.2 Å². The van der Waals surface area contributed by atoms with Crippen molar-refractivity contribution in [2.75, 3.05) is 13.1 Å². The molecule has 0 amide bonds.